The van der Waals surface area contributed by atoms with Gasteiger partial charge >= 0.3 is 5.97 Å². The lowest BCUT2D eigenvalue weighted by Crippen LogP contribution is -2.31. The van der Waals surface area contributed by atoms with Crippen LogP contribution in [-0.4, -0.2) is 33.2 Å². The molecule has 1 amide bonds. The third-order valence-electron chi connectivity index (χ3n) is 3.73. The van der Waals surface area contributed by atoms with E-state index in [4.69, 9.17) is 17.0 Å². The molecule has 3 rings (SSSR count). The third kappa shape index (κ3) is 5.35. The lowest BCUT2D eigenvalue weighted by molar-refractivity contribution is -0.145. The number of H-pyrrole nitrogens is 1. The molecule has 0 aliphatic carbocycles. The summed E-state index contributed by atoms with van der Waals surface area (Å²) in [5.41, 5.74) is 0.896. The van der Waals surface area contributed by atoms with Crippen LogP contribution in [0.1, 0.15) is 12.0 Å². The molecule has 2 N–H and O–H groups in total. The lowest BCUT2D eigenvalue weighted by atomic mass is 10.2. The Morgan fingerprint density at radius 2 is 2.04 bits per heavy atom. The highest BCUT2D eigenvalue weighted by molar-refractivity contribution is 7.71. The maximum Gasteiger partial charge on any atom is 0.325 e. The van der Waals surface area contributed by atoms with Gasteiger partial charge in [0.15, 0.2) is 10.6 Å². The largest absolute Gasteiger partial charge is 0.460 e. The van der Waals surface area contributed by atoms with E-state index in [0.29, 0.717) is 17.1 Å². The molecule has 0 bridgehead atoms. The molecule has 9 heteroatoms. The Bertz CT molecular complexity index is 949. The van der Waals surface area contributed by atoms with Crippen LogP contribution in [0.2, 0.25) is 0 Å². The van der Waals surface area contributed by atoms with Crippen LogP contribution in [0.5, 0.6) is 0 Å². The average Bonchev–Trinajstić information content (AvgIpc) is 3.33. The quantitative estimate of drug-likeness (QED) is 0.447. The van der Waals surface area contributed by atoms with E-state index in [9.17, 15) is 9.59 Å². The zero-order valence-corrected chi connectivity index (χ0v) is 16.0. The Morgan fingerprint density at radius 3 is 2.78 bits per heavy atom. The summed E-state index contributed by atoms with van der Waals surface area (Å²) in [7, 11) is 0. The second-order valence-corrected chi connectivity index (χ2v) is 6.99. The number of rotatable bonds is 8. The fourth-order valence-electron chi connectivity index (χ4n) is 2.38. The molecule has 3 aromatic rings. The minimum atomic E-state index is -0.480. The summed E-state index contributed by atoms with van der Waals surface area (Å²) in [5.74, 6) is -0.0386. The first kappa shape index (κ1) is 19.0. The Labute approximate surface area is 165 Å². The second kappa shape index (κ2) is 9.24. The van der Waals surface area contributed by atoms with Crippen molar-refractivity contribution < 1.29 is 14.3 Å². The highest BCUT2D eigenvalue weighted by atomic mass is 32.1. The number of carbonyl (C=O) groups is 2. The first-order chi connectivity index (χ1) is 13.1. The zero-order valence-electron chi connectivity index (χ0n) is 14.4. The highest BCUT2D eigenvalue weighted by Crippen LogP contribution is 2.22. The van der Waals surface area contributed by atoms with E-state index in [0.717, 1.165) is 10.4 Å². The van der Waals surface area contributed by atoms with Crippen molar-refractivity contribution in [3.8, 4) is 10.7 Å². The van der Waals surface area contributed by atoms with Crippen molar-refractivity contribution in [2.75, 3.05) is 6.54 Å². The molecule has 0 fully saturated rings. The molecule has 1 aromatic carbocycles. The van der Waals surface area contributed by atoms with E-state index in [2.05, 4.69) is 15.5 Å². The van der Waals surface area contributed by atoms with Gasteiger partial charge in [-0.25, -0.2) is 0 Å². The van der Waals surface area contributed by atoms with E-state index in [1.807, 2.05) is 47.8 Å². The Hall–Kier alpha value is -2.78. The van der Waals surface area contributed by atoms with Crippen LogP contribution in [0.3, 0.4) is 0 Å². The van der Waals surface area contributed by atoms with Crippen LogP contribution in [0.25, 0.3) is 10.7 Å². The van der Waals surface area contributed by atoms with Gasteiger partial charge in [0.1, 0.15) is 13.2 Å². The maximum absolute atomic E-state index is 12.0. The summed E-state index contributed by atoms with van der Waals surface area (Å²) >= 11 is 6.77. The normalized spacial score (nSPS) is 10.5. The van der Waals surface area contributed by atoms with Gasteiger partial charge in [-0.15, -0.1) is 11.3 Å². The molecule has 0 saturated carbocycles. The van der Waals surface area contributed by atoms with Crippen molar-refractivity contribution in [3.05, 3.63) is 58.2 Å². The SMILES string of the molecule is O=C(CCn1c(-c2cccs2)n[nH]c1=S)NCC(=O)OCc1ccccc1. The minimum absolute atomic E-state index is 0.166. The van der Waals surface area contributed by atoms with Gasteiger partial charge in [-0.3, -0.25) is 19.3 Å². The van der Waals surface area contributed by atoms with Crippen LogP contribution in [0, 0.1) is 4.77 Å². The van der Waals surface area contributed by atoms with Gasteiger partial charge in [-0.2, -0.15) is 5.10 Å². The molecule has 7 nitrogen and oxygen atoms in total. The summed E-state index contributed by atoms with van der Waals surface area (Å²) in [6.07, 6.45) is 0.179. The number of hydrogen-bond donors (Lipinski definition) is 2. The van der Waals surface area contributed by atoms with Crippen LogP contribution < -0.4 is 5.32 Å². The molecule has 0 unspecified atom stereocenters. The summed E-state index contributed by atoms with van der Waals surface area (Å²) in [6.45, 7) is 0.387. The topological polar surface area (TPSA) is 89.0 Å². The van der Waals surface area contributed by atoms with Gasteiger partial charge in [-0.1, -0.05) is 36.4 Å². The predicted octanol–water partition coefficient (Wildman–Crippen LogP) is 2.92. The minimum Gasteiger partial charge on any atom is -0.460 e. The van der Waals surface area contributed by atoms with Crippen LogP contribution in [0.4, 0.5) is 0 Å². The fraction of sp³-hybridized carbons (Fsp3) is 0.222. The molecule has 140 valence electrons. The molecular formula is C18H18N4O3S2. The second-order valence-electron chi connectivity index (χ2n) is 5.65. The van der Waals surface area contributed by atoms with Crippen molar-refractivity contribution >= 4 is 35.4 Å². The third-order valence-corrected chi connectivity index (χ3v) is 4.91. The molecule has 27 heavy (non-hydrogen) atoms. The van der Waals surface area contributed by atoms with Crippen molar-refractivity contribution in [1.29, 1.82) is 0 Å². The van der Waals surface area contributed by atoms with Gasteiger partial charge in [-0.05, 0) is 29.2 Å². The Morgan fingerprint density at radius 1 is 1.22 bits per heavy atom. The number of thiophene rings is 1. The Balaban J connectivity index is 1.44. The standard InChI is InChI=1S/C18H18N4O3S2/c23-15(19-11-16(24)25-12-13-5-2-1-3-6-13)8-9-22-17(20-21-18(22)26)14-7-4-10-27-14/h1-7,10H,8-9,11-12H2,(H,19,23)(H,21,26). The molecule has 0 radical (unpaired) electrons. The van der Waals surface area contributed by atoms with E-state index < -0.39 is 5.97 Å². The average molecular weight is 403 g/mol. The summed E-state index contributed by atoms with van der Waals surface area (Å²) < 4.78 is 7.35. The highest BCUT2D eigenvalue weighted by Gasteiger charge is 2.12. The van der Waals surface area contributed by atoms with E-state index in [-0.39, 0.29) is 25.5 Å². The van der Waals surface area contributed by atoms with Gasteiger partial charge in [0.05, 0.1) is 4.88 Å². The number of ether oxygens (including phenoxy) is 1. The Kier molecular flexibility index (Phi) is 6.50. The van der Waals surface area contributed by atoms with E-state index in [1.165, 1.54) is 0 Å². The number of aromatic amines is 1. The number of nitrogens with one attached hydrogen (secondary N) is 2. The van der Waals surface area contributed by atoms with Crippen molar-refractivity contribution in [2.24, 2.45) is 0 Å². The number of nitrogens with zero attached hydrogens (tertiary/aromatic N) is 2. The van der Waals surface area contributed by atoms with Crippen molar-refractivity contribution in [2.45, 2.75) is 19.6 Å². The lowest BCUT2D eigenvalue weighted by Gasteiger charge is -2.08. The number of hydrogen-bond acceptors (Lipinski definition) is 6. The monoisotopic (exact) mass is 402 g/mol. The predicted molar refractivity (Wildman–Crippen MR) is 105 cm³/mol. The van der Waals surface area contributed by atoms with Crippen molar-refractivity contribution in [1.82, 2.24) is 20.1 Å². The van der Waals surface area contributed by atoms with Crippen molar-refractivity contribution in [3.63, 3.8) is 0 Å². The number of amides is 1. The summed E-state index contributed by atoms with van der Waals surface area (Å²) in [4.78, 5) is 24.7. The number of aromatic nitrogens is 3. The molecule has 0 aliphatic heterocycles. The van der Waals surface area contributed by atoms with E-state index in [1.54, 1.807) is 15.9 Å². The number of carbonyl (C=O) groups excluding carboxylic acids is 2. The van der Waals surface area contributed by atoms with Gasteiger partial charge in [0.25, 0.3) is 0 Å². The summed E-state index contributed by atoms with van der Waals surface area (Å²) in [5, 5.41) is 11.5. The van der Waals surface area contributed by atoms with Crippen LogP contribution >= 0.6 is 23.6 Å². The number of benzene rings is 1. The summed E-state index contributed by atoms with van der Waals surface area (Å²) in [6, 6.07) is 13.2. The van der Waals surface area contributed by atoms with Crippen LogP contribution in [-0.2, 0) is 27.5 Å². The van der Waals surface area contributed by atoms with Gasteiger partial charge in [0.2, 0.25) is 5.91 Å². The first-order valence-corrected chi connectivity index (χ1v) is 9.57. The van der Waals surface area contributed by atoms with E-state index >= 15 is 0 Å². The molecule has 0 atom stereocenters. The zero-order chi connectivity index (χ0) is 19.1. The van der Waals surface area contributed by atoms with Gasteiger partial charge < -0.3 is 10.1 Å². The molecule has 0 spiro atoms. The maximum atomic E-state index is 12.0. The molecule has 0 aliphatic rings. The molecular weight excluding hydrogens is 384 g/mol. The molecule has 2 heterocycles. The van der Waals surface area contributed by atoms with Crippen LogP contribution in [0.15, 0.2) is 47.8 Å². The molecule has 0 saturated heterocycles. The fourth-order valence-corrected chi connectivity index (χ4v) is 3.33. The smallest absolute Gasteiger partial charge is 0.325 e. The number of esters is 1. The van der Waals surface area contributed by atoms with Gasteiger partial charge in [0, 0.05) is 13.0 Å². The molecule has 2 aromatic heterocycles. The first-order valence-electron chi connectivity index (χ1n) is 8.29.